The monoisotopic (exact) mass is 517 g/mol. The molecule has 0 unspecified atom stereocenters. The summed E-state index contributed by atoms with van der Waals surface area (Å²) < 4.78 is 25.5. The number of methoxy groups -OCH3 is 1. The Kier molecular flexibility index (Phi) is 7.62. The number of oxazole rings is 1. The fourth-order valence-corrected chi connectivity index (χ4v) is 4.65. The molecule has 1 saturated heterocycles. The first-order valence-corrected chi connectivity index (χ1v) is 12.4. The normalized spacial score (nSPS) is 14.8. The summed E-state index contributed by atoms with van der Waals surface area (Å²) in [7, 11) is 1.59. The highest BCUT2D eigenvalue weighted by Crippen LogP contribution is 2.32. The summed E-state index contributed by atoms with van der Waals surface area (Å²) >= 11 is 0. The third-order valence-electron chi connectivity index (χ3n) is 6.53. The van der Waals surface area contributed by atoms with Crippen molar-refractivity contribution in [3.63, 3.8) is 0 Å². The predicted molar refractivity (Wildman–Crippen MR) is 137 cm³/mol. The van der Waals surface area contributed by atoms with Crippen LogP contribution in [0.1, 0.15) is 30.9 Å². The van der Waals surface area contributed by atoms with Gasteiger partial charge in [-0.1, -0.05) is 18.2 Å². The van der Waals surface area contributed by atoms with Crippen LogP contribution >= 0.6 is 0 Å². The Bertz CT molecular complexity index is 1560. The van der Waals surface area contributed by atoms with Crippen molar-refractivity contribution >= 4 is 11.0 Å². The SMILES string of the molecule is COc1ccccc1[C@H](Cn1c(=O)n(CCC#N)c(=O)c2nc(-c3ncco3)ccc21)OC1CCOCC1. The maximum Gasteiger partial charge on any atom is 0.331 e. The standard InChI is InChI=1S/C27H27N5O6/c1-35-22-6-3-2-5-19(22)23(38-18-9-14-36-15-10-18)17-32-21-8-7-20(25-29-12-16-37-25)30-24(21)26(33)31(27(32)34)13-4-11-28/h2-3,5-8,12,16,18,23H,4,9-10,13-15,17H2,1H3/t23-/m0/s1. The van der Waals surface area contributed by atoms with E-state index in [1.165, 1.54) is 17.0 Å². The number of nitrogens with zero attached hydrogens (tertiary/aromatic N) is 5. The Balaban J connectivity index is 1.66. The van der Waals surface area contributed by atoms with Crippen LogP contribution in [0.15, 0.2) is 62.9 Å². The van der Waals surface area contributed by atoms with Crippen LogP contribution < -0.4 is 16.0 Å². The molecule has 0 bridgehead atoms. The van der Waals surface area contributed by atoms with Gasteiger partial charge in [-0.3, -0.25) is 13.9 Å². The highest BCUT2D eigenvalue weighted by Gasteiger charge is 2.26. The molecule has 1 aromatic carbocycles. The van der Waals surface area contributed by atoms with Crippen molar-refractivity contribution in [3.8, 4) is 23.4 Å². The molecular weight excluding hydrogens is 490 g/mol. The van der Waals surface area contributed by atoms with Crippen molar-refractivity contribution in [1.82, 2.24) is 19.1 Å². The van der Waals surface area contributed by atoms with Gasteiger partial charge in [0.25, 0.3) is 5.56 Å². The molecule has 0 saturated carbocycles. The Morgan fingerprint density at radius 1 is 1.16 bits per heavy atom. The maximum atomic E-state index is 13.7. The minimum absolute atomic E-state index is 0.00536. The van der Waals surface area contributed by atoms with E-state index in [2.05, 4.69) is 9.97 Å². The third kappa shape index (κ3) is 5.09. The van der Waals surface area contributed by atoms with Gasteiger partial charge in [-0.25, -0.2) is 14.8 Å². The number of fused-ring (bicyclic) bond motifs is 1. The Morgan fingerprint density at radius 3 is 2.71 bits per heavy atom. The quantitative estimate of drug-likeness (QED) is 0.328. The number of hydrogen-bond acceptors (Lipinski definition) is 9. The molecule has 11 heteroatoms. The zero-order valence-corrected chi connectivity index (χ0v) is 20.9. The molecule has 38 heavy (non-hydrogen) atoms. The summed E-state index contributed by atoms with van der Waals surface area (Å²) in [6, 6.07) is 12.8. The van der Waals surface area contributed by atoms with Gasteiger partial charge >= 0.3 is 5.69 Å². The number of aromatic nitrogens is 4. The molecule has 0 N–H and O–H groups in total. The summed E-state index contributed by atoms with van der Waals surface area (Å²) in [4.78, 5) is 35.7. The molecule has 3 aromatic heterocycles. The first kappa shape index (κ1) is 25.4. The lowest BCUT2D eigenvalue weighted by molar-refractivity contribution is -0.0753. The second-order valence-corrected chi connectivity index (χ2v) is 8.84. The number of nitriles is 1. The van der Waals surface area contributed by atoms with E-state index >= 15 is 0 Å². The molecule has 196 valence electrons. The zero-order chi connectivity index (χ0) is 26.5. The van der Waals surface area contributed by atoms with E-state index in [-0.39, 0.29) is 37.0 Å². The third-order valence-corrected chi connectivity index (χ3v) is 6.53. The lowest BCUT2D eigenvalue weighted by atomic mass is 10.1. The van der Waals surface area contributed by atoms with Crippen LogP contribution in [0, 0.1) is 11.3 Å². The Hall–Kier alpha value is -4.27. The second kappa shape index (κ2) is 11.4. The smallest absolute Gasteiger partial charge is 0.331 e. The summed E-state index contributed by atoms with van der Waals surface area (Å²) in [5.74, 6) is 0.881. The van der Waals surface area contributed by atoms with Crippen molar-refractivity contribution in [1.29, 1.82) is 5.26 Å². The molecule has 1 aliphatic rings. The number of pyridine rings is 1. The molecule has 1 aliphatic heterocycles. The molecule has 4 aromatic rings. The van der Waals surface area contributed by atoms with Gasteiger partial charge in [0.15, 0.2) is 5.52 Å². The van der Waals surface area contributed by atoms with E-state index in [1.54, 1.807) is 19.2 Å². The molecule has 4 heterocycles. The molecule has 0 radical (unpaired) electrons. The topological polar surface area (TPSA) is 134 Å². The Labute approximate surface area is 217 Å². The average molecular weight is 518 g/mol. The fourth-order valence-electron chi connectivity index (χ4n) is 4.65. The molecule has 5 rings (SSSR count). The summed E-state index contributed by atoms with van der Waals surface area (Å²) in [5, 5.41) is 9.14. The first-order chi connectivity index (χ1) is 18.6. The van der Waals surface area contributed by atoms with Gasteiger partial charge < -0.3 is 18.6 Å². The molecule has 0 spiro atoms. The van der Waals surface area contributed by atoms with Crippen molar-refractivity contribution in [2.75, 3.05) is 20.3 Å². The minimum Gasteiger partial charge on any atom is -0.496 e. The number of rotatable bonds is 9. The van der Waals surface area contributed by atoms with Gasteiger partial charge in [-0.15, -0.1) is 0 Å². The summed E-state index contributed by atoms with van der Waals surface area (Å²) in [6.45, 7) is 1.23. The zero-order valence-electron chi connectivity index (χ0n) is 20.9. The van der Waals surface area contributed by atoms with Gasteiger partial charge in [-0.2, -0.15) is 5.26 Å². The molecule has 0 aliphatic carbocycles. The van der Waals surface area contributed by atoms with Gasteiger partial charge in [0.2, 0.25) is 5.89 Å². The highest BCUT2D eigenvalue weighted by molar-refractivity contribution is 5.76. The summed E-state index contributed by atoms with van der Waals surface area (Å²) in [6.07, 6.45) is 3.71. The van der Waals surface area contributed by atoms with E-state index in [0.717, 1.165) is 23.0 Å². The number of para-hydroxylation sites is 1. The molecule has 11 nitrogen and oxygen atoms in total. The van der Waals surface area contributed by atoms with Gasteiger partial charge in [0.1, 0.15) is 23.8 Å². The van der Waals surface area contributed by atoms with Crippen LogP contribution in [-0.4, -0.2) is 45.5 Å². The van der Waals surface area contributed by atoms with Crippen molar-refractivity contribution in [2.24, 2.45) is 0 Å². The lowest BCUT2D eigenvalue weighted by Crippen LogP contribution is -2.41. The van der Waals surface area contributed by atoms with Crippen molar-refractivity contribution in [3.05, 3.63) is 75.3 Å². The lowest BCUT2D eigenvalue weighted by Gasteiger charge is -2.29. The second-order valence-electron chi connectivity index (χ2n) is 8.84. The van der Waals surface area contributed by atoms with E-state index in [4.69, 9.17) is 23.9 Å². The first-order valence-electron chi connectivity index (χ1n) is 12.4. The number of benzene rings is 1. The average Bonchev–Trinajstić information content (AvgIpc) is 3.50. The van der Waals surface area contributed by atoms with Crippen molar-refractivity contribution < 1.29 is 18.6 Å². The fraction of sp³-hybridized carbons (Fsp3) is 0.370. The van der Waals surface area contributed by atoms with Gasteiger partial charge in [-0.05, 0) is 31.0 Å². The summed E-state index contributed by atoms with van der Waals surface area (Å²) in [5.41, 5.74) is 0.433. The largest absolute Gasteiger partial charge is 0.496 e. The van der Waals surface area contributed by atoms with Crippen LogP contribution in [0.5, 0.6) is 5.75 Å². The van der Waals surface area contributed by atoms with Crippen LogP contribution in [0.3, 0.4) is 0 Å². The van der Waals surface area contributed by atoms with E-state index < -0.39 is 17.4 Å². The minimum atomic E-state index is -0.580. The Morgan fingerprint density at radius 2 is 1.97 bits per heavy atom. The maximum absolute atomic E-state index is 13.7. The molecular formula is C27H27N5O6. The van der Waals surface area contributed by atoms with Crippen molar-refractivity contribution in [2.45, 2.75) is 44.6 Å². The number of hydrogen-bond donors (Lipinski definition) is 0. The van der Waals surface area contributed by atoms with Crippen LogP contribution in [-0.2, 0) is 22.6 Å². The van der Waals surface area contributed by atoms with E-state index in [9.17, 15) is 9.59 Å². The number of ether oxygens (including phenoxy) is 3. The predicted octanol–water partition coefficient (Wildman–Crippen LogP) is 3.07. The van der Waals surface area contributed by atoms with Gasteiger partial charge in [0.05, 0.1) is 44.0 Å². The van der Waals surface area contributed by atoms with E-state index in [0.29, 0.717) is 30.2 Å². The molecule has 1 atom stereocenters. The van der Waals surface area contributed by atoms with Crippen LogP contribution in [0.4, 0.5) is 0 Å². The molecule has 1 fully saturated rings. The highest BCUT2D eigenvalue weighted by atomic mass is 16.5. The van der Waals surface area contributed by atoms with Crippen LogP contribution in [0.25, 0.3) is 22.6 Å². The van der Waals surface area contributed by atoms with Crippen LogP contribution in [0.2, 0.25) is 0 Å². The molecule has 0 amide bonds. The van der Waals surface area contributed by atoms with Gasteiger partial charge in [0, 0.05) is 25.3 Å². The van der Waals surface area contributed by atoms with E-state index in [1.807, 2.05) is 30.3 Å².